The molecule has 0 aliphatic heterocycles. The van der Waals surface area contributed by atoms with Gasteiger partial charge in [0.15, 0.2) is 0 Å². The SMILES string of the molecule is CCc1ccccc1[O][Zr]([O]c1ccccc1CC)([C]1=CC=CC1)[C]1=CC=CC1. The Kier molecular flexibility index (Phi) is 6.35. The second kappa shape index (κ2) is 9.14. The monoisotopic (exact) mass is 462 g/mol. The summed E-state index contributed by atoms with van der Waals surface area (Å²) in [6.07, 6.45) is 16.9. The number of hydrogen-bond acceptors (Lipinski definition) is 2. The van der Waals surface area contributed by atoms with Crippen molar-refractivity contribution < 1.29 is 26.8 Å². The quantitative estimate of drug-likeness (QED) is 0.422. The first-order valence-electron chi connectivity index (χ1n) is 10.5. The Morgan fingerprint density at radius 3 is 1.52 bits per heavy atom. The summed E-state index contributed by atoms with van der Waals surface area (Å²) in [6.45, 7) is 4.36. The molecule has 4 rings (SSSR count). The molecule has 0 atom stereocenters. The molecule has 2 aromatic rings. The fraction of sp³-hybridized carbons (Fsp3) is 0.231. The van der Waals surface area contributed by atoms with Crippen molar-refractivity contribution in [1.29, 1.82) is 0 Å². The van der Waals surface area contributed by atoms with Gasteiger partial charge in [0.05, 0.1) is 0 Å². The van der Waals surface area contributed by atoms with Gasteiger partial charge in [-0.1, -0.05) is 0 Å². The van der Waals surface area contributed by atoms with Gasteiger partial charge in [-0.05, 0) is 0 Å². The summed E-state index contributed by atoms with van der Waals surface area (Å²) < 4.78 is 16.8. The summed E-state index contributed by atoms with van der Waals surface area (Å²) in [7, 11) is 0. The molecular weight excluding hydrogens is 436 g/mol. The second-order valence-electron chi connectivity index (χ2n) is 7.39. The van der Waals surface area contributed by atoms with Gasteiger partial charge >= 0.3 is 180 Å². The Hall–Kier alpha value is -2.12. The zero-order valence-corrected chi connectivity index (χ0v) is 19.7. The van der Waals surface area contributed by atoms with Crippen molar-refractivity contribution in [1.82, 2.24) is 0 Å². The van der Waals surface area contributed by atoms with Crippen molar-refractivity contribution in [2.45, 2.75) is 39.5 Å². The maximum atomic E-state index is 7.07. The Bertz CT molecular complexity index is 916. The molecular formula is C26H28O2Zr. The average Bonchev–Trinajstić information content (AvgIpc) is 3.48. The topological polar surface area (TPSA) is 18.5 Å². The standard InChI is InChI=1S/2C8H10O.2C5H5.Zr/c2*1-2-7-5-3-4-6-8(7)9;2*1-2-4-5-3-1;/h2*3-6,9H,2H2,1H3;2*1-3H,4H2;/q;;;;+2/p-2. The number of aryl methyl sites for hydroxylation is 2. The van der Waals surface area contributed by atoms with Gasteiger partial charge in [0.1, 0.15) is 0 Å². The van der Waals surface area contributed by atoms with Crippen LogP contribution in [0.3, 0.4) is 0 Å². The molecule has 0 bridgehead atoms. The number of benzene rings is 2. The molecule has 3 heteroatoms. The molecule has 0 amide bonds. The van der Waals surface area contributed by atoms with Crippen molar-refractivity contribution in [2.24, 2.45) is 0 Å². The van der Waals surface area contributed by atoms with Gasteiger partial charge in [0, 0.05) is 0 Å². The van der Waals surface area contributed by atoms with Crippen molar-refractivity contribution >= 4 is 0 Å². The number of rotatable bonds is 8. The van der Waals surface area contributed by atoms with E-state index in [1.807, 2.05) is 0 Å². The van der Waals surface area contributed by atoms with Gasteiger partial charge in [-0.2, -0.15) is 0 Å². The minimum atomic E-state index is -3.91. The Morgan fingerprint density at radius 1 is 0.690 bits per heavy atom. The Morgan fingerprint density at radius 2 is 1.14 bits per heavy atom. The number of para-hydroxylation sites is 2. The number of allylic oxidation sites excluding steroid dienone is 8. The Balaban J connectivity index is 1.84. The van der Waals surface area contributed by atoms with Gasteiger partial charge in [0.2, 0.25) is 0 Å². The molecule has 0 fully saturated rings. The molecule has 0 spiro atoms. The van der Waals surface area contributed by atoms with Gasteiger partial charge < -0.3 is 0 Å². The van der Waals surface area contributed by atoms with Gasteiger partial charge in [-0.3, -0.25) is 0 Å². The van der Waals surface area contributed by atoms with Crippen molar-refractivity contribution in [3.8, 4) is 11.5 Å². The average molecular weight is 464 g/mol. The molecule has 148 valence electrons. The van der Waals surface area contributed by atoms with Crippen LogP contribution in [0.2, 0.25) is 0 Å². The minimum absolute atomic E-state index is 0.913. The van der Waals surface area contributed by atoms with Crippen LogP contribution < -0.4 is 5.63 Å². The number of hydrogen-bond donors (Lipinski definition) is 0. The van der Waals surface area contributed by atoms with Crippen molar-refractivity contribution in [2.75, 3.05) is 0 Å². The zero-order chi connectivity index (χ0) is 20.1. The van der Waals surface area contributed by atoms with Crippen LogP contribution in [0.4, 0.5) is 0 Å². The summed E-state index contributed by atoms with van der Waals surface area (Å²) in [5, 5.41) is 0. The first-order chi connectivity index (χ1) is 14.3. The van der Waals surface area contributed by atoms with E-state index in [-0.39, 0.29) is 0 Å². The molecule has 0 aromatic heterocycles. The predicted octanol–water partition coefficient (Wildman–Crippen LogP) is 6.94. The first kappa shape index (κ1) is 20.2. The van der Waals surface area contributed by atoms with E-state index >= 15 is 0 Å². The third kappa shape index (κ3) is 4.12. The van der Waals surface area contributed by atoms with E-state index in [1.165, 1.54) is 17.7 Å². The van der Waals surface area contributed by atoms with Gasteiger partial charge in [0.25, 0.3) is 0 Å². The zero-order valence-electron chi connectivity index (χ0n) is 17.2. The van der Waals surface area contributed by atoms with Crippen LogP contribution in [0, 0.1) is 0 Å². The summed E-state index contributed by atoms with van der Waals surface area (Å²) in [4.78, 5) is 0. The molecule has 2 aliphatic rings. The third-order valence-electron chi connectivity index (χ3n) is 5.60. The molecule has 0 saturated carbocycles. The molecule has 0 radical (unpaired) electrons. The normalized spacial score (nSPS) is 15.4. The summed E-state index contributed by atoms with van der Waals surface area (Å²) in [5.41, 5.74) is 2.47. The van der Waals surface area contributed by atoms with E-state index in [0.717, 1.165) is 37.2 Å². The van der Waals surface area contributed by atoms with Gasteiger partial charge in [-0.25, -0.2) is 0 Å². The second-order valence-corrected chi connectivity index (χ2v) is 14.6. The van der Waals surface area contributed by atoms with Crippen molar-refractivity contribution in [3.63, 3.8) is 0 Å². The summed E-state index contributed by atoms with van der Waals surface area (Å²) >= 11 is -3.91. The van der Waals surface area contributed by atoms with E-state index in [1.54, 1.807) is 0 Å². The van der Waals surface area contributed by atoms with E-state index in [4.69, 9.17) is 5.63 Å². The van der Waals surface area contributed by atoms with E-state index in [9.17, 15) is 0 Å². The Labute approximate surface area is 179 Å². The predicted molar refractivity (Wildman–Crippen MR) is 117 cm³/mol. The van der Waals surface area contributed by atoms with Crippen molar-refractivity contribution in [3.05, 3.63) is 103 Å². The first-order valence-corrected chi connectivity index (χ1v) is 15.0. The van der Waals surface area contributed by atoms with E-state index < -0.39 is 21.1 Å². The maximum absolute atomic E-state index is 7.07. The summed E-state index contributed by atoms with van der Waals surface area (Å²) in [5.74, 6) is 1.95. The van der Waals surface area contributed by atoms with E-state index in [0.29, 0.717) is 0 Å². The van der Waals surface area contributed by atoms with Gasteiger partial charge in [-0.15, -0.1) is 0 Å². The van der Waals surface area contributed by atoms with Crippen LogP contribution in [0.1, 0.15) is 37.8 Å². The molecule has 0 saturated heterocycles. The molecule has 0 heterocycles. The molecule has 2 aromatic carbocycles. The fourth-order valence-corrected chi connectivity index (χ4v) is 12.3. The molecule has 0 unspecified atom stereocenters. The van der Waals surface area contributed by atoms with E-state index in [2.05, 4.69) is 98.8 Å². The van der Waals surface area contributed by atoms with Crippen LogP contribution >= 0.6 is 0 Å². The van der Waals surface area contributed by atoms with Crippen LogP contribution in [-0.4, -0.2) is 0 Å². The third-order valence-corrected chi connectivity index (χ3v) is 14.1. The van der Waals surface area contributed by atoms with Crippen LogP contribution in [0.5, 0.6) is 11.5 Å². The summed E-state index contributed by atoms with van der Waals surface area (Å²) in [6, 6.07) is 16.8. The van der Waals surface area contributed by atoms with Crippen LogP contribution in [0.25, 0.3) is 0 Å². The van der Waals surface area contributed by atoms with Crippen LogP contribution in [0.15, 0.2) is 91.5 Å². The fourth-order valence-electron chi connectivity index (χ4n) is 3.97. The molecule has 2 aliphatic carbocycles. The molecule has 2 nitrogen and oxygen atoms in total. The molecule has 0 N–H and O–H groups in total. The molecule has 29 heavy (non-hydrogen) atoms. The van der Waals surface area contributed by atoms with Crippen LogP contribution in [-0.2, 0) is 34.0 Å².